The van der Waals surface area contributed by atoms with E-state index in [0.717, 1.165) is 30.8 Å². The standard InChI is InChI=1S/C23H18BrN3O3S2/c1-13(20(28)27-17-5-3-4-15(10-17)23(29)30-2)32-22-19-18(11-31-21(19)25-12-26-22)14-6-8-16(24)9-7-14/h3-13H,1-2H3,(H,27,28). The number of methoxy groups -OCH3 is 1. The van der Waals surface area contributed by atoms with Gasteiger partial charge in [0.25, 0.3) is 0 Å². The van der Waals surface area contributed by atoms with Gasteiger partial charge in [0.2, 0.25) is 5.91 Å². The Balaban J connectivity index is 1.57. The van der Waals surface area contributed by atoms with Crippen LogP contribution in [0.15, 0.2) is 69.7 Å². The minimum atomic E-state index is -0.454. The summed E-state index contributed by atoms with van der Waals surface area (Å²) in [4.78, 5) is 34.3. The molecule has 162 valence electrons. The summed E-state index contributed by atoms with van der Waals surface area (Å²) in [5.41, 5.74) is 3.01. The van der Waals surface area contributed by atoms with E-state index in [1.165, 1.54) is 25.2 Å². The van der Waals surface area contributed by atoms with Crippen LogP contribution in [0, 0.1) is 0 Å². The van der Waals surface area contributed by atoms with Crippen LogP contribution < -0.4 is 5.32 Å². The number of nitrogens with zero attached hydrogens (tertiary/aromatic N) is 2. The molecule has 0 bridgehead atoms. The molecule has 0 spiro atoms. The number of halogens is 1. The molecule has 4 rings (SSSR count). The summed E-state index contributed by atoms with van der Waals surface area (Å²) < 4.78 is 5.75. The van der Waals surface area contributed by atoms with Gasteiger partial charge in [-0.25, -0.2) is 14.8 Å². The molecule has 6 nitrogen and oxygen atoms in total. The van der Waals surface area contributed by atoms with Crippen molar-refractivity contribution in [2.75, 3.05) is 12.4 Å². The van der Waals surface area contributed by atoms with E-state index in [1.807, 2.05) is 31.2 Å². The Morgan fingerprint density at radius 3 is 2.69 bits per heavy atom. The lowest BCUT2D eigenvalue weighted by Crippen LogP contribution is -2.22. The fraction of sp³-hybridized carbons (Fsp3) is 0.130. The number of rotatable bonds is 6. The van der Waals surface area contributed by atoms with Crippen molar-refractivity contribution in [3.63, 3.8) is 0 Å². The Labute approximate surface area is 201 Å². The molecule has 9 heteroatoms. The second kappa shape index (κ2) is 9.81. The molecule has 2 aromatic carbocycles. The van der Waals surface area contributed by atoms with Gasteiger partial charge >= 0.3 is 5.97 Å². The maximum absolute atomic E-state index is 12.8. The largest absolute Gasteiger partial charge is 0.465 e. The van der Waals surface area contributed by atoms with Crippen molar-refractivity contribution in [1.29, 1.82) is 0 Å². The zero-order valence-electron chi connectivity index (χ0n) is 17.2. The van der Waals surface area contributed by atoms with Gasteiger partial charge in [0.15, 0.2) is 0 Å². The van der Waals surface area contributed by atoms with Crippen LogP contribution in [0.5, 0.6) is 0 Å². The van der Waals surface area contributed by atoms with Gasteiger partial charge in [-0.15, -0.1) is 11.3 Å². The molecule has 0 aliphatic heterocycles. The number of carbonyl (C=O) groups is 2. The van der Waals surface area contributed by atoms with Crippen LogP contribution in [0.4, 0.5) is 5.69 Å². The summed E-state index contributed by atoms with van der Waals surface area (Å²) in [5, 5.41) is 6.20. The monoisotopic (exact) mass is 527 g/mol. The number of fused-ring (bicyclic) bond motifs is 1. The Hall–Kier alpha value is -2.75. The molecule has 2 heterocycles. The first-order valence-electron chi connectivity index (χ1n) is 9.60. The highest BCUT2D eigenvalue weighted by molar-refractivity contribution is 9.10. The van der Waals surface area contributed by atoms with Gasteiger partial charge < -0.3 is 10.1 Å². The quantitative estimate of drug-likeness (QED) is 0.187. The van der Waals surface area contributed by atoms with Crippen LogP contribution in [0.25, 0.3) is 21.3 Å². The molecule has 0 radical (unpaired) electrons. The van der Waals surface area contributed by atoms with Crippen molar-refractivity contribution in [3.8, 4) is 11.1 Å². The Bertz CT molecular complexity index is 1290. The minimum Gasteiger partial charge on any atom is -0.465 e. The molecule has 0 saturated heterocycles. The molecule has 1 amide bonds. The summed E-state index contributed by atoms with van der Waals surface area (Å²) >= 11 is 6.39. The average Bonchev–Trinajstić information content (AvgIpc) is 3.24. The third kappa shape index (κ3) is 4.85. The number of anilines is 1. The molecule has 0 aliphatic carbocycles. The maximum atomic E-state index is 12.8. The average molecular weight is 528 g/mol. The van der Waals surface area contributed by atoms with Crippen molar-refractivity contribution < 1.29 is 14.3 Å². The van der Waals surface area contributed by atoms with Gasteiger partial charge in [0.05, 0.1) is 23.3 Å². The van der Waals surface area contributed by atoms with Crippen molar-refractivity contribution in [1.82, 2.24) is 9.97 Å². The van der Waals surface area contributed by atoms with Crippen LogP contribution in [-0.4, -0.2) is 34.2 Å². The number of aromatic nitrogens is 2. The molecular formula is C23H18BrN3O3S2. The summed E-state index contributed by atoms with van der Waals surface area (Å²) in [6, 6.07) is 14.7. The number of thiophene rings is 1. The highest BCUT2D eigenvalue weighted by atomic mass is 79.9. The first-order chi connectivity index (χ1) is 15.5. The number of ether oxygens (including phenoxy) is 1. The van der Waals surface area contributed by atoms with Crippen LogP contribution in [-0.2, 0) is 9.53 Å². The van der Waals surface area contributed by atoms with Gasteiger partial charge in [-0.3, -0.25) is 4.79 Å². The fourth-order valence-electron chi connectivity index (χ4n) is 3.09. The van der Waals surface area contributed by atoms with Crippen molar-refractivity contribution in [2.24, 2.45) is 0 Å². The van der Waals surface area contributed by atoms with Crippen LogP contribution >= 0.6 is 39.0 Å². The highest BCUT2D eigenvalue weighted by Crippen LogP contribution is 2.39. The number of esters is 1. The molecule has 4 aromatic rings. The number of hydrogen-bond acceptors (Lipinski definition) is 7. The van der Waals surface area contributed by atoms with E-state index in [1.54, 1.807) is 35.6 Å². The molecule has 0 aliphatic rings. The van der Waals surface area contributed by atoms with Crippen molar-refractivity contribution >= 4 is 66.8 Å². The Kier molecular flexibility index (Phi) is 6.88. The molecule has 1 atom stereocenters. The predicted molar refractivity (Wildman–Crippen MR) is 132 cm³/mol. The maximum Gasteiger partial charge on any atom is 0.337 e. The number of hydrogen-bond donors (Lipinski definition) is 1. The lowest BCUT2D eigenvalue weighted by atomic mass is 10.1. The van der Waals surface area contributed by atoms with Gasteiger partial charge in [0.1, 0.15) is 16.2 Å². The zero-order valence-corrected chi connectivity index (χ0v) is 20.4. The first-order valence-corrected chi connectivity index (χ1v) is 12.2. The van der Waals surface area contributed by atoms with E-state index in [4.69, 9.17) is 4.74 Å². The molecule has 0 saturated carbocycles. The lowest BCUT2D eigenvalue weighted by Gasteiger charge is -2.13. The fourth-order valence-corrected chi connectivity index (χ4v) is 5.26. The number of benzene rings is 2. The summed E-state index contributed by atoms with van der Waals surface area (Å²) in [5.74, 6) is -0.644. The van der Waals surface area contributed by atoms with Crippen molar-refractivity contribution in [2.45, 2.75) is 17.2 Å². The molecule has 0 fully saturated rings. The number of nitrogens with one attached hydrogen (secondary N) is 1. The van der Waals surface area contributed by atoms with E-state index in [9.17, 15) is 9.59 Å². The third-order valence-electron chi connectivity index (χ3n) is 4.70. The molecule has 2 aromatic heterocycles. The zero-order chi connectivity index (χ0) is 22.7. The molecule has 32 heavy (non-hydrogen) atoms. The van der Waals surface area contributed by atoms with E-state index in [0.29, 0.717) is 11.3 Å². The van der Waals surface area contributed by atoms with Gasteiger partial charge in [-0.05, 0) is 42.8 Å². The SMILES string of the molecule is COC(=O)c1cccc(NC(=O)C(C)Sc2ncnc3scc(-c4ccc(Br)cc4)c23)c1. The minimum absolute atomic E-state index is 0.191. The number of thioether (sulfide) groups is 1. The van der Waals surface area contributed by atoms with E-state index >= 15 is 0 Å². The normalized spacial score (nSPS) is 11.8. The topological polar surface area (TPSA) is 81.2 Å². The third-order valence-corrected chi connectivity index (χ3v) is 7.21. The number of carbonyl (C=O) groups excluding carboxylic acids is 2. The lowest BCUT2D eigenvalue weighted by molar-refractivity contribution is -0.115. The molecule has 1 N–H and O–H groups in total. The van der Waals surface area contributed by atoms with Crippen LogP contribution in [0.3, 0.4) is 0 Å². The smallest absolute Gasteiger partial charge is 0.337 e. The van der Waals surface area contributed by atoms with Gasteiger partial charge in [-0.2, -0.15) is 0 Å². The predicted octanol–water partition coefficient (Wildman–Crippen LogP) is 6.03. The first kappa shape index (κ1) is 22.4. The summed E-state index contributed by atoms with van der Waals surface area (Å²) in [6.07, 6.45) is 1.52. The second-order valence-electron chi connectivity index (χ2n) is 6.84. The highest BCUT2D eigenvalue weighted by Gasteiger charge is 2.20. The van der Waals surface area contributed by atoms with Crippen molar-refractivity contribution in [3.05, 3.63) is 70.3 Å². The van der Waals surface area contributed by atoms with Gasteiger partial charge in [-0.1, -0.05) is 45.9 Å². The van der Waals surface area contributed by atoms with E-state index < -0.39 is 11.2 Å². The summed E-state index contributed by atoms with van der Waals surface area (Å²) in [6.45, 7) is 1.82. The van der Waals surface area contributed by atoms with Crippen LogP contribution in [0.1, 0.15) is 17.3 Å². The summed E-state index contributed by atoms with van der Waals surface area (Å²) in [7, 11) is 1.32. The second-order valence-corrected chi connectivity index (χ2v) is 9.94. The number of amides is 1. The molecule has 1 unspecified atom stereocenters. The van der Waals surface area contributed by atoms with Crippen LogP contribution in [0.2, 0.25) is 0 Å². The Morgan fingerprint density at radius 2 is 1.94 bits per heavy atom. The van der Waals surface area contributed by atoms with Gasteiger partial charge in [0, 0.05) is 21.1 Å². The Morgan fingerprint density at radius 1 is 1.16 bits per heavy atom. The van der Waals surface area contributed by atoms with E-state index in [-0.39, 0.29) is 5.91 Å². The van der Waals surface area contributed by atoms with E-state index in [2.05, 4.69) is 36.6 Å². The molecular weight excluding hydrogens is 510 g/mol.